The molecule has 3 rings (SSSR count). The van der Waals surface area contributed by atoms with Crippen LogP contribution in [0.3, 0.4) is 0 Å². The van der Waals surface area contributed by atoms with Crippen molar-refractivity contribution in [3.63, 3.8) is 0 Å². The lowest BCUT2D eigenvalue weighted by Gasteiger charge is -2.04. The van der Waals surface area contributed by atoms with Crippen molar-refractivity contribution in [3.8, 4) is 5.75 Å². The number of aromatic nitrogens is 1. The molecule has 0 aliphatic heterocycles. The van der Waals surface area contributed by atoms with Gasteiger partial charge in [-0.05, 0) is 25.1 Å². The van der Waals surface area contributed by atoms with Crippen LogP contribution in [0, 0.1) is 0 Å². The van der Waals surface area contributed by atoms with E-state index in [2.05, 4.69) is 15.5 Å². The molecular weight excluding hydrogens is 278 g/mol. The van der Waals surface area contributed by atoms with Gasteiger partial charge in [0, 0.05) is 22.7 Å². The Kier molecular flexibility index (Phi) is 3.62. The van der Waals surface area contributed by atoms with Crippen molar-refractivity contribution in [2.75, 3.05) is 0 Å². The molecular formula is C17H15N3O2. The number of H-pyrrole nitrogens is 1. The topological polar surface area (TPSA) is 77.5 Å². The van der Waals surface area contributed by atoms with Gasteiger partial charge in [0.2, 0.25) is 0 Å². The molecule has 5 heteroatoms. The third-order valence-electron chi connectivity index (χ3n) is 3.45. The predicted octanol–water partition coefficient (Wildman–Crippen LogP) is 3.03. The Morgan fingerprint density at radius 2 is 1.82 bits per heavy atom. The van der Waals surface area contributed by atoms with Crippen LogP contribution in [0.25, 0.3) is 10.9 Å². The van der Waals surface area contributed by atoms with Gasteiger partial charge in [-0.1, -0.05) is 30.3 Å². The summed E-state index contributed by atoms with van der Waals surface area (Å²) in [6.07, 6.45) is 1.66. The van der Waals surface area contributed by atoms with E-state index in [4.69, 9.17) is 0 Å². The number of nitrogens with zero attached hydrogens (tertiary/aromatic N) is 1. The van der Waals surface area contributed by atoms with Crippen LogP contribution in [-0.4, -0.2) is 21.7 Å². The van der Waals surface area contributed by atoms with E-state index in [1.165, 1.54) is 0 Å². The minimum Gasteiger partial charge on any atom is -0.507 e. The van der Waals surface area contributed by atoms with E-state index in [-0.39, 0.29) is 11.7 Å². The van der Waals surface area contributed by atoms with Crippen molar-refractivity contribution in [1.82, 2.24) is 10.4 Å². The third-order valence-corrected chi connectivity index (χ3v) is 3.45. The first kappa shape index (κ1) is 13.9. The van der Waals surface area contributed by atoms with Crippen molar-refractivity contribution in [3.05, 3.63) is 65.9 Å². The van der Waals surface area contributed by atoms with Crippen molar-refractivity contribution in [2.45, 2.75) is 6.92 Å². The summed E-state index contributed by atoms with van der Waals surface area (Å²) in [7, 11) is 0. The molecule has 3 N–H and O–H groups in total. The average molecular weight is 293 g/mol. The fraction of sp³-hybridized carbons (Fsp3) is 0.0588. The zero-order chi connectivity index (χ0) is 15.5. The highest BCUT2D eigenvalue weighted by Crippen LogP contribution is 2.18. The number of rotatable bonds is 3. The molecule has 0 saturated carbocycles. The fourth-order valence-electron chi connectivity index (χ4n) is 2.29. The first-order chi connectivity index (χ1) is 10.7. The summed E-state index contributed by atoms with van der Waals surface area (Å²) in [5.74, 6) is -0.169. The Balaban J connectivity index is 1.83. The molecule has 0 bridgehead atoms. The summed E-state index contributed by atoms with van der Waals surface area (Å²) in [4.78, 5) is 15.3. The van der Waals surface area contributed by atoms with Crippen LogP contribution < -0.4 is 5.43 Å². The van der Waals surface area contributed by atoms with Gasteiger partial charge >= 0.3 is 0 Å². The molecule has 110 valence electrons. The number of phenols is 1. The van der Waals surface area contributed by atoms with E-state index in [0.717, 1.165) is 10.9 Å². The number of amides is 1. The van der Waals surface area contributed by atoms with Crippen LogP contribution in [0.15, 0.2) is 59.8 Å². The number of hydrazone groups is 1. The molecule has 0 saturated heterocycles. The van der Waals surface area contributed by atoms with E-state index in [1.807, 2.05) is 24.3 Å². The highest BCUT2D eigenvalue weighted by atomic mass is 16.3. The molecule has 1 aromatic heterocycles. The molecule has 3 aromatic rings. The molecule has 1 heterocycles. The normalized spacial score (nSPS) is 11.6. The van der Waals surface area contributed by atoms with Gasteiger partial charge in [0.05, 0.1) is 11.3 Å². The number of hydrogen-bond donors (Lipinski definition) is 3. The van der Waals surface area contributed by atoms with Crippen LogP contribution >= 0.6 is 0 Å². The molecule has 0 aliphatic rings. The number of nitrogens with one attached hydrogen (secondary N) is 2. The Morgan fingerprint density at radius 3 is 2.64 bits per heavy atom. The maximum atomic E-state index is 12.2. The summed E-state index contributed by atoms with van der Waals surface area (Å²) in [5, 5.41) is 14.7. The zero-order valence-electron chi connectivity index (χ0n) is 12.0. The zero-order valence-corrected chi connectivity index (χ0v) is 12.0. The average Bonchev–Trinajstić information content (AvgIpc) is 2.97. The molecule has 0 atom stereocenters. The summed E-state index contributed by atoms with van der Waals surface area (Å²) in [5.41, 5.74) is 5.07. The summed E-state index contributed by atoms with van der Waals surface area (Å²) < 4.78 is 0. The molecule has 0 spiro atoms. The van der Waals surface area contributed by atoms with Crippen LogP contribution in [0.4, 0.5) is 0 Å². The van der Waals surface area contributed by atoms with Crippen molar-refractivity contribution < 1.29 is 9.90 Å². The monoisotopic (exact) mass is 293 g/mol. The lowest BCUT2D eigenvalue weighted by molar-refractivity contribution is 0.0956. The Morgan fingerprint density at radius 1 is 1.09 bits per heavy atom. The van der Waals surface area contributed by atoms with Crippen LogP contribution in [0.1, 0.15) is 22.8 Å². The highest BCUT2D eigenvalue weighted by molar-refractivity contribution is 6.08. The smallest absolute Gasteiger partial charge is 0.273 e. The fourth-order valence-corrected chi connectivity index (χ4v) is 2.29. The maximum Gasteiger partial charge on any atom is 0.273 e. The third kappa shape index (κ3) is 2.56. The number of aromatic hydroxyl groups is 1. The number of para-hydroxylation sites is 2. The molecule has 2 aromatic carbocycles. The van der Waals surface area contributed by atoms with Crippen LogP contribution in [0.2, 0.25) is 0 Å². The molecule has 0 aliphatic carbocycles. The van der Waals surface area contributed by atoms with Crippen LogP contribution in [-0.2, 0) is 0 Å². The number of carbonyl (C=O) groups excluding carboxylic acids is 1. The molecule has 5 nitrogen and oxygen atoms in total. The van der Waals surface area contributed by atoms with Crippen molar-refractivity contribution >= 4 is 22.5 Å². The minimum atomic E-state index is -0.299. The number of benzene rings is 2. The quantitative estimate of drug-likeness (QED) is 0.513. The number of carbonyl (C=O) groups is 1. The van der Waals surface area contributed by atoms with E-state index in [9.17, 15) is 9.90 Å². The van der Waals surface area contributed by atoms with E-state index >= 15 is 0 Å². The Hall–Kier alpha value is -3.08. The number of hydrogen-bond acceptors (Lipinski definition) is 3. The lowest BCUT2D eigenvalue weighted by atomic mass is 10.1. The maximum absolute atomic E-state index is 12.2. The number of fused-ring (bicyclic) bond motifs is 1. The Bertz CT molecular complexity index is 865. The van der Waals surface area contributed by atoms with Gasteiger partial charge in [-0.15, -0.1) is 0 Å². The second kappa shape index (κ2) is 5.73. The second-order valence-electron chi connectivity index (χ2n) is 4.90. The van der Waals surface area contributed by atoms with Crippen molar-refractivity contribution in [1.29, 1.82) is 0 Å². The Labute approximate surface area is 127 Å². The summed E-state index contributed by atoms with van der Waals surface area (Å²) in [6.45, 7) is 1.73. The molecule has 1 amide bonds. The van der Waals surface area contributed by atoms with Gasteiger partial charge < -0.3 is 10.1 Å². The van der Waals surface area contributed by atoms with Crippen LogP contribution in [0.5, 0.6) is 5.75 Å². The largest absolute Gasteiger partial charge is 0.507 e. The van der Waals surface area contributed by atoms with Gasteiger partial charge in [-0.2, -0.15) is 5.10 Å². The second-order valence-corrected chi connectivity index (χ2v) is 4.90. The standard InChI is InChI=1S/C17H15N3O2/c1-11(12-6-3-5-9-16(12)21)19-20-17(22)14-10-18-15-8-4-2-7-13(14)15/h2-10,18,21H,1H3,(H,20,22). The SMILES string of the molecule is CC(=NNC(=O)c1c[nH]c2ccccc12)c1ccccc1O. The highest BCUT2D eigenvalue weighted by Gasteiger charge is 2.11. The first-order valence-electron chi connectivity index (χ1n) is 6.86. The lowest BCUT2D eigenvalue weighted by Crippen LogP contribution is -2.19. The van der Waals surface area contributed by atoms with Gasteiger partial charge in [-0.25, -0.2) is 5.43 Å². The molecule has 22 heavy (non-hydrogen) atoms. The van der Waals surface area contributed by atoms with Gasteiger partial charge in [0.15, 0.2) is 0 Å². The van der Waals surface area contributed by atoms with Gasteiger partial charge in [0.1, 0.15) is 5.75 Å². The minimum absolute atomic E-state index is 0.130. The van der Waals surface area contributed by atoms with E-state index in [0.29, 0.717) is 16.8 Å². The number of aromatic amines is 1. The predicted molar refractivity (Wildman–Crippen MR) is 86.1 cm³/mol. The van der Waals surface area contributed by atoms with E-state index < -0.39 is 0 Å². The van der Waals surface area contributed by atoms with Gasteiger partial charge in [0.25, 0.3) is 5.91 Å². The molecule has 0 radical (unpaired) electrons. The summed E-state index contributed by atoms with van der Waals surface area (Å²) in [6, 6.07) is 14.4. The first-order valence-corrected chi connectivity index (χ1v) is 6.86. The van der Waals surface area contributed by atoms with Gasteiger partial charge in [-0.3, -0.25) is 4.79 Å². The van der Waals surface area contributed by atoms with E-state index in [1.54, 1.807) is 37.4 Å². The number of phenolic OH excluding ortho intramolecular Hbond substituents is 1. The molecule has 0 fully saturated rings. The molecule has 0 unspecified atom stereocenters. The van der Waals surface area contributed by atoms with Crippen molar-refractivity contribution in [2.24, 2.45) is 5.10 Å². The summed E-state index contributed by atoms with van der Waals surface area (Å²) >= 11 is 0.